The number of benzene rings is 2. The number of carbonyl (C=O) groups is 9. The fourth-order valence-electron chi connectivity index (χ4n) is 8.35. The number of nitrogen functional groups attached to an aromatic ring is 1. The number of carboxylic acid groups (broad SMARTS) is 2. The Morgan fingerprint density at radius 2 is 1.33 bits per heavy atom. The van der Waals surface area contributed by atoms with Crippen molar-refractivity contribution >= 4 is 64.9 Å². The number of nitrogens with zero attached hydrogens (tertiary/aromatic N) is 3. The van der Waals surface area contributed by atoms with Crippen molar-refractivity contribution in [3.8, 4) is 5.75 Å². The molecule has 2 aromatic carbocycles. The summed E-state index contributed by atoms with van der Waals surface area (Å²) in [4.78, 5) is 134. The first-order valence-electron chi connectivity index (χ1n) is 25.0. The number of hydrogen-bond donors (Lipinski definition) is 14. The van der Waals surface area contributed by atoms with Gasteiger partial charge in [-0.1, -0.05) is 58.4 Å². The predicted molar refractivity (Wildman–Crippen MR) is 277 cm³/mol. The van der Waals surface area contributed by atoms with Gasteiger partial charge in [0.1, 0.15) is 48.0 Å². The van der Waals surface area contributed by atoms with E-state index in [9.17, 15) is 58.5 Å². The van der Waals surface area contributed by atoms with Gasteiger partial charge in [0.05, 0.1) is 18.8 Å². The van der Waals surface area contributed by atoms with Crippen LogP contribution in [0.25, 0.3) is 0 Å². The number of phenols is 1. The number of likely N-dealkylation sites (tertiary alicyclic amines) is 1. The molecule has 26 nitrogen and oxygen atoms in total. The molecule has 1 fully saturated rings. The quantitative estimate of drug-likeness (QED) is 0.0159. The zero-order chi connectivity index (χ0) is 56.2. The van der Waals surface area contributed by atoms with Crippen LogP contribution in [0.3, 0.4) is 0 Å². The summed E-state index contributed by atoms with van der Waals surface area (Å²) >= 11 is 0. The number of nitrogens with one attached hydrogen (secondary N) is 7. The van der Waals surface area contributed by atoms with Gasteiger partial charge in [-0.2, -0.15) is 0 Å². The van der Waals surface area contributed by atoms with Crippen LogP contribution in [0.1, 0.15) is 83.0 Å². The van der Waals surface area contributed by atoms with Gasteiger partial charge in [0.25, 0.3) is 0 Å². The maximum Gasteiger partial charge on any atom is 0.326 e. The Hall–Kier alpha value is -8.29. The van der Waals surface area contributed by atoms with Crippen molar-refractivity contribution in [2.75, 3.05) is 18.8 Å². The SMILES string of the molecule is CC[C@@H](C)[C@H](NC(=O)[C@H](Cc1ccc(O)cc1)NC(=O)[C@@H](NC(=O)[C@H](CCCN=C(N)N)NC(=O)[C@@H](N)CC(=O)O)C(C)C)C(=O)N[C@@H](Cc1cnc[nH]1)C(=O)N1CCC[C@H]1C(=O)N[C@@H](Cc1ccc(N)cc1)C(=O)O. The monoisotopic (exact) mass is 1060 g/mol. The van der Waals surface area contributed by atoms with Gasteiger partial charge in [-0.3, -0.25) is 43.3 Å². The van der Waals surface area contributed by atoms with Crippen LogP contribution in [0.2, 0.25) is 0 Å². The molecule has 3 aromatic rings. The number of hydrogen-bond acceptors (Lipinski definition) is 14. The first-order chi connectivity index (χ1) is 36.0. The van der Waals surface area contributed by atoms with Crippen LogP contribution in [-0.2, 0) is 62.4 Å². The molecule has 0 radical (unpaired) electrons. The Balaban J connectivity index is 1.59. The van der Waals surface area contributed by atoms with Gasteiger partial charge in [-0.05, 0) is 72.9 Å². The van der Waals surface area contributed by atoms with E-state index < -0.39 is 120 Å². The number of anilines is 1. The third-order valence-corrected chi connectivity index (χ3v) is 12.8. The highest BCUT2D eigenvalue weighted by Crippen LogP contribution is 2.22. The number of amides is 7. The molecule has 76 heavy (non-hydrogen) atoms. The minimum absolute atomic E-state index is 0.0582. The van der Waals surface area contributed by atoms with E-state index in [1.165, 1.54) is 41.7 Å². The molecular weight excluding hydrogens is 989 g/mol. The third-order valence-electron chi connectivity index (χ3n) is 12.8. The number of phenolic OH excluding ortho intramolecular Hbond substituents is 1. The largest absolute Gasteiger partial charge is 0.508 e. The van der Waals surface area contributed by atoms with E-state index >= 15 is 0 Å². The molecule has 1 aliphatic heterocycles. The van der Waals surface area contributed by atoms with Crippen molar-refractivity contribution in [3.05, 3.63) is 77.9 Å². The molecule has 18 N–H and O–H groups in total. The van der Waals surface area contributed by atoms with Crippen LogP contribution in [-0.4, -0.2) is 151 Å². The van der Waals surface area contributed by atoms with Gasteiger partial charge in [0.2, 0.25) is 41.4 Å². The molecule has 4 rings (SSSR count). The predicted octanol–water partition coefficient (Wildman–Crippen LogP) is -1.73. The second-order valence-electron chi connectivity index (χ2n) is 19.1. The maximum atomic E-state index is 14.6. The second kappa shape index (κ2) is 29.0. The molecule has 0 aliphatic carbocycles. The van der Waals surface area contributed by atoms with Crippen LogP contribution in [0, 0.1) is 11.8 Å². The van der Waals surface area contributed by atoms with Crippen LogP contribution in [0.4, 0.5) is 5.69 Å². The van der Waals surface area contributed by atoms with Gasteiger partial charge < -0.3 is 80.0 Å². The Labute approximate surface area is 439 Å². The summed E-state index contributed by atoms with van der Waals surface area (Å²) in [6.45, 7) is 6.87. The summed E-state index contributed by atoms with van der Waals surface area (Å²) in [6.07, 6.45) is 2.79. The lowest BCUT2D eigenvalue weighted by molar-refractivity contribution is -0.145. The van der Waals surface area contributed by atoms with Crippen LogP contribution in [0.15, 0.2) is 66.0 Å². The highest BCUT2D eigenvalue weighted by molar-refractivity contribution is 5.98. The van der Waals surface area contributed by atoms with E-state index in [1.807, 2.05) is 0 Å². The number of aliphatic carboxylic acids is 2. The topological polar surface area (TPSA) is 435 Å². The average molecular weight is 1060 g/mol. The number of rotatable bonds is 29. The number of guanidine groups is 1. The zero-order valence-corrected chi connectivity index (χ0v) is 43.0. The number of carboxylic acids is 2. The van der Waals surface area contributed by atoms with Gasteiger partial charge >= 0.3 is 11.9 Å². The van der Waals surface area contributed by atoms with Crippen molar-refractivity contribution in [1.29, 1.82) is 0 Å². The number of nitrogens with two attached hydrogens (primary N) is 4. The molecule has 9 atom stereocenters. The van der Waals surface area contributed by atoms with E-state index in [-0.39, 0.29) is 63.3 Å². The van der Waals surface area contributed by atoms with E-state index in [0.29, 0.717) is 35.3 Å². The van der Waals surface area contributed by atoms with E-state index in [1.54, 1.807) is 52.0 Å². The van der Waals surface area contributed by atoms with Gasteiger partial charge in [-0.25, -0.2) is 9.78 Å². The zero-order valence-electron chi connectivity index (χ0n) is 43.0. The van der Waals surface area contributed by atoms with Crippen LogP contribution >= 0.6 is 0 Å². The standard InChI is InChI=1S/C50H72N14O12/c1-5-27(4)41(47(73)60-36(22-31-24-55-25-57-31)48(74)64-19-7-9-38(64)45(71)61-37(49(75)76)21-28-10-14-30(51)15-11-28)63-44(70)35(20-29-12-16-32(65)17-13-29)59-46(72)40(26(2)3)62-43(69)34(8-6-18-56-50(53)54)58-42(68)33(52)23-39(66)67/h10-17,24-27,33-38,40-41,65H,5-9,18-23,51-52H2,1-4H3,(H,55,57)(H,58,68)(H,59,72)(H,60,73)(H,61,71)(H,62,69)(H,63,70)(H,66,67)(H,75,76)(H4,53,54,56)/t27-,33+,34+,35+,36+,37+,38+,40+,41+/m1/s1. The number of carbonyl (C=O) groups excluding carboxylic acids is 7. The lowest BCUT2D eigenvalue weighted by Gasteiger charge is -2.32. The number of aromatic hydroxyl groups is 1. The van der Waals surface area contributed by atoms with E-state index in [0.717, 1.165) is 0 Å². The highest BCUT2D eigenvalue weighted by Gasteiger charge is 2.41. The normalized spacial score (nSPS) is 16.3. The lowest BCUT2D eigenvalue weighted by Crippen LogP contribution is -2.62. The molecule has 1 aromatic heterocycles. The fraction of sp³-hybridized carbons (Fsp3) is 0.500. The number of aromatic amines is 1. The molecule has 7 amide bonds. The number of imidazole rings is 1. The summed E-state index contributed by atoms with van der Waals surface area (Å²) in [5.41, 5.74) is 24.4. The molecule has 0 spiro atoms. The van der Waals surface area contributed by atoms with Gasteiger partial charge in [-0.15, -0.1) is 0 Å². The summed E-state index contributed by atoms with van der Waals surface area (Å²) in [5, 5.41) is 45.1. The second-order valence-corrected chi connectivity index (χ2v) is 19.1. The molecule has 26 heteroatoms. The van der Waals surface area contributed by atoms with E-state index in [4.69, 9.17) is 22.9 Å². The van der Waals surface area contributed by atoms with E-state index in [2.05, 4.69) is 46.9 Å². The van der Waals surface area contributed by atoms with Crippen molar-refractivity contribution in [1.82, 2.24) is 46.8 Å². The van der Waals surface area contributed by atoms with Gasteiger partial charge in [0, 0.05) is 49.9 Å². The minimum atomic E-state index is -1.51. The highest BCUT2D eigenvalue weighted by atomic mass is 16.4. The third kappa shape index (κ3) is 18.6. The molecule has 1 aliphatic rings. The van der Waals surface area contributed by atoms with Crippen molar-refractivity contribution in [3.63, 3.8) is 0 Å². The smallest absolute Gasteiger partial charge is 0.326 e. The molecule has 2 heterocycles. The van der Waals surface area contributed by atoms with Crippen LogP contribution < -0.4 is 54.8 Å². The van der Waals surface area contributed by atoms with Crippen molar-refractivity contribution in [2.45, 2.75) is 134 Å². The summed E-state index contributed by atoms with van der Waals surface area (Å²) in [6, 6.07) is 1.60. The average Bonchev–Trinajstić information content (AvgIpc) is 4.09. The van der Waals surface area contributed by atoms with Crippen molar-refractivity contribution in [2.24, 2.45) is 34.0 Å². The molecule has 0 unspecified atom stereocenters. The van der Waals surface area contributed by atoms with Crippen LogP contribution in [0.5, 0.6) is 5.75 Å². The molecule has 1 saturated heterocycles. The molecule has 0 bridgehead atoms. The number of aromatic nitrogens is 2. The Kier molecular flexibility index (Phi) is 23.0. The summed E-state index contributed by atoms with van der Waals surface area (Å²) in [7, 11) is 0. The molecular formula is C50H72N14O12. The lowest BCUT2D eigenvalue weighted by atomic mass is 9.96. The number of aliphatic imine (C=N–C) groups is 1. The molecule has 0 saturated carbocycles. The van der Waals surface area contributed by atoms with Gasteiger partial charge in [0.15, 0.2) is 5.96 Å². The minimum Gasteiger partial charge on any atom is -0.508 e. The first-order valence-corrected chi connectivity index (χ1v) is 25.0. The summed E-state index contributed by atoms with van der Waals surface area (Å²) < 4.78 is 0. The molecule has 414 valence electrons. The fourth-order valence-corrected chi connectivity index (χ4v) is 8.35. The number of H-pyrrole nitrogens is 1. The summed E-state index contributed by atoms with van der Waals surface area (Å²) in [5.74, 6) is -9.76. The first kappa shape index (κ1) is 60.3. The Morgan fingerprint density at radius 1 is 0.750 bits per heavy atom. The Bertz CT molecular complexity index is 2500. The maximum absolute atomic E-state index is 14.6. The van der Waals surface area contributed by atoms with Crippen molar-refractivity contribution < 1.29 is 58.5 Å². The Morgan fingerprint density at radius 3 is 1.91 bits per heavy atom.